The van der Waals surface area contributed by atoms with E-state index in [0.29, 0.717) is 0 Å². The van der Waals surface area contributed by atoms with Gasteiger partial charge in [0.1, 0.15) is 0 Å². The van der Waals surface area contributed by atoms with Crippen LogP contribution in [0.25, 0.3) is 20.9 Å². The Balaban J connectivity index is 2.64. The van der Waals surface area contributed by atoms with Crippen molar-refractivity contribution in [3.8, 4) is 0 Å². The van der Waals surface area contributed by atoms with E-state index in [4.69, 9.17) is 20.5 Å². The summed E-state index contributed by atoms with van der Waals surface area (Å²) in [5.74, 6) is -0.731. The fourth-order valence-electron chi connectivity index (χ4n) is 1.45. The fraction of sp³-hybridized carbons (Fsp3) is 1.00. The van der Waals surface area contributed by atoms with Crippen LogP contribution in [-0.2, 0) is 9.47 Å². The van der Waals surface area contributed by atoms with Crippen molar-refractivity contribution in [2.45, 2.75) is 31.8 Å². The lowest BCUT2D eigenvalue weighted by Crippen LogP contribution is -2.27. The Kier molecular flexibility index (Phi) is 3.76. The molecular weight excluding hydrogens is 200 g/mol. The molecule has 0 bridgehead atoms. The second-order valence-corrected chi connectivity index (χ2v) is 3.54. The zero-order valence-electron chi connectivity index (χ0n) is 8.57. The molecule has 1 rings (SSSR count). The number of rotatable bonds is 4. The molecule has 1 saturated heterocycles. The predicted molar refractivity (Wildman–Crippen MR) is 51.9 cm³/mol. The van der Waals surface area contributed by atoms with Crippen LogP contribution in [0.4, 0.5) is 0 Å². The topological polar surface area (TPSA) is 116 Å². The van der Waals surface area contributed by atoms with Crippen LogP contribution in [0, 0.1) is 0 Å². The molecule has 0 aliphatic carbocycles. The molecule has 0 radical (unpaired) electrons. The molecule has 0 saturated carbocycles. The highest BCUT2D eigenvalue weighted by molar-refractivity contribution is 4.84. The maximum atomic E-state index is 8.20. The van der Waals surface area contributed by atoms with Gasteiger partial charge in [0, 0.05) is 9.82 Å². The Morgan fingerprint density at radius 3 is 1.80 bits per heavy atom. The minimum Gasteiger partial charge on any atom is -0.344 e. The molecule has 0 aromatic carbocycles. The SMILES string of the molecule is CC1(C)OC(CN=[N+]=[N-])[C@H](CN=[N+]=[N-])O1. The Labute approximate surface area is 86.4 Å². The normalized spacial score (nSPS) is 27.9. The van der Waals surface area contributed by atoms with Gasteiger partial charge in [0.05, 0.1) is 25.3 Å². The molecule has 0 aromatic rings. The minimum atomic E-state index is -0.731. The lowest BCUT2D eigenvalue weighted by Gasteiger charge is -2.16. The number of ether oxygens (including phenoxy) is 2. The van der Waals surface area contributed by atoms with Crippen LogP contribution in [0.2, 0.25) is 0 Å². The first-order valence-electron chi connectivity index (χ1n) is 4.46. The van der Waals surface area contributed by atoms with Crippen LogP contribution in [0.1, 0.15) is 13.8 Å². The molecule has 15 heavy (non-hydrogen) atoms. The Bertz CT molecular complexity index is 287. The van der Waals surface area contributed by atoms with Gasteiger partial charge in [0.15, 0.2) is 5.79 Å². The second-order valence-electron chi connectivity index (χ2n) is 3.54. The molecule has 0 amide bonds. The summed E-state index contributed by atoms with van der Waals surface area (Å²) in [7, 11) is 0. The monoisotopic (exact) mass is 212 g/mol. The van der Waals surface area contributed by atoms with Gasteiger partial charge in [-0.25, -0.2) is 0 Å². The third-order valence-electron chi connectivity index (χ3n) is 1.93. The quantitative estimate of drug-likeness (QED) is 0.403. The van der Waals surface area contributed by atoms with Crippen LogP contribution < -0.4 is 0 Å². The van der Waals surface area contributed by atoms with Crippen molar-refractivity contribution in [2.24, 2.45) is 10.2 Å². The highest BCUT2D eigenvalue weighted by atomic mass is 16.8. The summed E-state index contributed by atoms with van der Waals surface area (Å²) in [6.07, 6.45) is -0.720. The van der Waals surface area contributed by atoms with Crippen molar-refractivity contribution in [1.29, 1.82) is 0 Å². The van der Waals surface area contributed by atoms with Crippen LogP contribution in [-0.4, -0.2) is 31.1 Å². The molecule has 1 unspecified atom stereocenters. The lowest BCUT2D eigenvalue weighted by atomic mass is 10.2. The summed E-state index contributed by atoms with van der Waals surface area (Å²) in [5, 5.41) is 6.84. The summed E-state index contributed by atoms with van der Waals surface area (Å²) >= 11 is 0. The molecule has 1 fully saturated rings. The zero-order valence-corrected chi connectivity index (χ0v) is 8.57. The van der Waals surface area contributed by atoms with E-state index in [1.54, 1.807) is 13.8 Å². The Morgan fingerprint density at radius 2 is 1.47 bits per heavy atom. The molecule has 0 aromatic heterocycles. The molecule has 2 atom stereocenters. The van der Waals surface area contributed by atoms with Crippen molar-refractivity contribution >= 4 is 0 Å². The van der Waals surface area contributed by atoms with E-state index < -0.39 is 5.79 Å². The van der Waals surface area contributed by atoms with Crippen LogP contribution in [0.3, 0.4) is 0 Å². The van der Waals surface area contributed by atoms with E-state index in [1.807, 2.05) is 0 Å². The van der Waals surface area contributed by atoms with E-state index in [1.165, 1.54) is 0 Å². The Hall–Kier alpha value is -1.46. The third-order valence-corrected chi connectivity index (χ3v) is 1.93. The first-order valence-corrected chi connectivity index (χ1v) is 4.46. The molecule has 1 aliphatic rings. The number of hydrogen-bond acceptors (Lipinski definition) is 4. The van der Waals surface area contributed by atoms with Crippen LogP contribution >= 0.6 is 0 Å². The first kappa shape index (κ1) is 11.6. The molecule has 1 heterocycles. The molecule has 8 nitrogen and oxygen atoms in total. The fourth-order valence-corrected chi connectivity index (χ4v) is 1.45. The van der Waals surface area contributed by atoms with E-state index in [9.17, 15) is 0 Å². The maximum absolute atomic E-state index is 8.20. The number of azide groups is 2. The van der Waals surface area contributed by atoms with E-state index in [2.05, 4.69) is 20.1 Å². The second kappa shape index (κ2) is 4.86. The summed E-state index contributed by atoms with van der Waals surface area (Å²) < 4.78 is 11.0. The molecule has 1 aliphatic heterocycles. The van der Waals surface area contributed by atoms with Crippen molar-refractivity contribution < 1.29 is 9.47 Å². The van der Waals surface area contributed by atoms with Gasteiger partial charge in [-0.05, 0) is 24.9 Å². The minimum absolute atomic E-state index is 0.172. The molecule has 82 valence electrons. The molecular formula is C7H12N6O2. The summed E-state index contributed by atoms with van der Waals surface area (Å²) in [6.45, 7) is 3.86. The molecule has 0 N–H and O–H groups in total. The number of hydrogen-bond donors (Lipinski definition) is 0. The molecule has 8 heteroatoms. The Morgan fingerprint density at radius 1 is 1.07 bits per heavy atom. The van der Waals surface area contributed by atoms with Gasteiger partial charge < -0.3 is 9.47 Å². The van der Waals surface area contributed by atoms with E-state index in [-0.39, 0.29) is 25.3 Å². The zero-order chi connectivity index (χ0) is 11.3. The average Bonchev–Trinajstić information content (AvgIpc) is 2.47. The number of nitrogens with zero attached hydrogens (tertiary/aromatic N) is 6. The highest BCUT2D eigenvalue weighted by Gasteiger charge is 2.40. The first-order chi connectivity index (χ1) is 7.09. The van der Waals surface area contributed by atoms with Gasteiger partial charge in [-0.2, -0.15) is 0 Å². The predicted octanol–water partition coefficient (Wildman–Crippen LogP) is 2.13. The van der Waals surface area contributed by atoms with Crippen LogP contribution in [0.15, 0.2) is 10.2 Å². The van der Waals surface area contributed by atoms with E-state index in [0.717, 1.165) is 0 Å². The smallest absolute Gasteiger partial charge is 0.163 e. The third kappa shape index (κ3) is 3.30. The largest absolute Gasteiger partial charge is 0.344 e. The van der Waals surface area contributed by atoms with Crippen LogP contribution in [0.5, 0.6) is 0 Å². The highest BCUT2D eigenvalue weighted by Crippen LogP contribution is 2.28. The van der Waals surface area contributed by atoms with Gasteiger partial charge in [-0.15, -0.1) is 0 Å². The molecule has 0 spiro atoms. The van der Waals surface area contributed by atoms with Crippen molar-refractivity contribution in [2.75, 3.05) is 13.1 Å². The van der Waals surface area contributed by atoms with Crippen molar-refractivity contribution in [1.82, 2.24) is 0 Å². The van der Waals surface area contributed by atoms with Gasteiger partial charge >= 0.3 is 0 Å². The van der Waals surface area contributed by atoms with E-state index >= 15 is 0 Å². The lowest BCUT2D eigenvalue weighted by molar-refractivity contribution is -0.144. The standard InChI is InChI=1S/C7H12N6O2/c1-7(2)14-5(3-10-12-8)6(15-7)4-11-13-9/h5-6H,3-4H2,1-2H3/t5-,6?/m0/s1. The van der Waals surface area contributed by atoms with Gasteiger partial charge in [-0.1, -0.05) is 10.2 Å². The van der Waals surface area contributed by atoms with Crippen molar-refractivity contribution in [3.63, 3.8) is 0 Å². The average molecular weight is 212 g/mol. The van der Waals surface area contributed by atoms with Crippen molar-refractivity contribution in [3.05, 3.63) is 20.9 Å². The van der Waals surface area contributed by atoms with Gasteiger partial charge in [-0.3, -0.25) is 0 Å². The summed E-state index contributed by atoms with van der Waals surface area (Å²) in [4.78, 5) is 5.30. The summed E-state index contributed by atoms with van der Waals surface area (Å²) in [5.41, 5.74) is 16.4. The van der Waals surface area contributed by atoms with Gasteiger partial charge in [0.25, 0.3) is 0 Å². The summed E-state index contributed by atoms with van der Waals surface area (Å²) in [6, 6.07) is 0. The maximum Gasteiger partial charge on any atom is 0.163 e. The van der Waals surface area contributed by atoms with Gasteiger partial charge in [0.2, 0.25) is 0 Å².